The Balaban J connectivity index is 1.72. The van der Waals surface area contributed by atoms with Crippen LogP contribution in [0.4, 0.5) is 0 Å². The molecular formula is C19H32N6. The van der Waals surface area contributed by atoms with Gasteiger partial charge in [0, 0.05) is 32.3 Å². The van der Waals surface area contributed by atoms with E-state index in [0.717, 1.165) is 43.2 Å². The van der Waals surface area contributed by atoms with Crippen LogP contribution in [0, 0.1) is 5.41 Å². The van der Waals surface area contributed by atoms with Crippen LogP contribution in [0.1, 0.15) is 52.8 Å². The van der Waals surface area contributed by atoms with Gasteiger partial charge in [0.05, 0.1) is 0 Å². The van der Waals surface area contributed by atoms with E-state index >= 15 is 0 Å². The number of aliphatic imine (C=N–C) groups is 1. The molecule has 6 heteroatoms. The average molecular weight is 345 g/mol. The fraction of sp³-hybridized carbons (Fsp3) is 0.632. The van der Waals surface area contributed by atoms with Crippen molar-refractivity contribution < 1.29 is 0 Å². The zero-order valence-electron chi connectivity index (χ0n) is 16.2. The van der Waals surface area contributed by atoms with Crippen LogP contribution in [-0.4, -0.2) is 40.2 Å². The normalized spacial score (nSPS) is 13.9. The Labute approximate surface area is 151 Å². The first-order valence-corrected chi connectivity index (χ1v) is 9.15. The lowest BCUT2D eigenvalue weighted by molar-refractivity contribution is 0.346. The molecule has 2 aromatic heterocycles. The van der Waals surface area contributed by atoms with Gasteiger partial charge in [0.1, 0.15) is 5.82 Å². The van der Waals surface area contributed by atoms with Crippen molar-refractivity contribution in [2.24, 2.45) is 10.4 Å². The molecule has 0 bridgehead atoms. The molecule has 0 radical (unpaired) electrons. The Morgan fingerprint density at radius 1 is 1.28 bits per heavy atom. The van der Waals surface area contributed by atoms with Crippen molar-refractivity contribution in [2.45, 2.75) is 59.4 Å². The summed E-state index contributed by atoms with van der Waals surface area (Å²) in [5, 5.41) is 15.3. The summed E-state index contributed by atoms with van der Waals surface area (Å²) in [4.78, 5) is 4.32. The number of pyridine rings is 1. The summed E-state index contributed by atoms with van der Waals surface area (Å²) in [6, 6.07) is 6.36. The van der Waals surface area contributed by atoms with E-state index in [9.17, 15) is 0 Å². The molecule has 6 nitrogen and oxygen atoms in total. The molecule has 138 valence electrons. The molecule has 0 spiro atoms. The van der Waals surface area contributed by atoms with Gasteiger partial charge in [0.15, 0.2) is 11.6 Å². The molecule has 0 saturated carbocycles. The van der Waals surface area contributed by atoms with Gasteiger partial charge in [-0.2, -0.15) is 0 Å². The number of hydrogen-bond acceptors (Lipinski definition) is 3. The Bertz CT molecular complexity index is 683. The highest BCUT2D eigenvalue weighted by atomic mass is 15.2. The monoisotopic (exact) mass is 344 g/mol. The second-order valence-corrected chi connectivity index (χ2v) is 7.79. The number of hydrogen-bond donors (Lipinski definition) is 2. The number of fused-ring (bicyclic) bond motifs is 1. The molecule has 1 unspecified atom stereocenters. The third-order valence-electron chi connectivity index (χ3n) is 4.19. The molecule has 2 heterocycles. The standard InChI is InChI=1S/C19H32N6/c1-15(11-12-19(2,3)4)22-18(20-5)21-13-8-10-17-24-23-16-9-6-7-14-25(16)17/h6-7,9,14-15H,8,10-13H2,1-5H3,(H2,20,21,22). The third-order valence-corrected chi connectivity index (χ3v) is 4.19. The second kappa shape index (κ2) is 8.83. The van der Waals surface area contributed by atoms with E-state index in [1.54, 1.807) is 0 Å². The van der Waals surface area contributed by atoms with Crippen LogP contribution < -0.4 is 10.6 Å². The lowest BCUT2D eigenvalue weighted by atomic mass is 9.89. The summed E-state index contributed by atoms with van der Waals surface area (Å²) in [6.45, 7) is 9.90. The van der Waals surface area contributed by atoms with Crippen LogP contribution in [0.2, 0.25) is 0 Å². The fourth-order valence-electron chi connectivity index (χ4n) is 2.66. The van der Waals surface area contributed by atoms with E-state index in [-0.39, 0.29) is 0 Å². The van der Waals surface area contributed by atoms with E-state index in [4.69, 9.17) is 0 Å². The van der Waals surface area contributed by atoms with Crippen LogP contribution in [0.25, 0.3) is 5.65 Å². The fourth-order valence-corrected chi connectivity index (χ4v) is 2.66. The van der Waals surface area contributed by atoms with Crippen LogP contribution >= 0.6 is 0 Å². The molecule has 2 aromatic rings. The first kappa shape index (κ1) is 19.2. The van der Waals surface area contributed by atoms with Gasteiger partial charge in [-0.05, 0) is 43.7 Å². The van der Waals surface area contributed by atoms with E-state index in [1.165, 1.54) is 6.42 Å². The second-order valence-electron chi connectivity index (χ2n) is 7.79. The van der Waals surface area contributed by atoms with Gasteiger partial charge >= 0.3 is 0 Å². The molecule has 0 saturated heterocycles. The highest BCUT2D eigenvalue weighted by Crippen LogP contribution is 2.21. The smallest absolute Gasteiger partial charge is 0.191 e. The SMILES string of the molecule is CN=C(NCCCc1nnc2ccccn12)NC(C)CCC(C)(C)C. The van der Waals surface area contributed by atoms with Gasteiger partial charge in [0.25, 0.3) is 0 Å². The molecular weight excluding hydrogens is 312 g/mol. The van der Waals surface area contributed by atoms with Gasteiger partial charge in [-0.3, -0.25) is 9.39 Å². The van der Waals surface area contributed by atoms with E-state index in [1.807, 2.05) is 35.8 Å². The van der Waals surface area contributed by atoms with E-state index in [2.05, 4.69) is 53.5 Å². The predicted molar refractivity (Wildman–Crippen MR) is 104 cm³/mol. The maximum atomic E-state index is 4.32. The number of guanidine groups is 1. The molecule has 0 aliphatic carbocycles. The summed E-state index contributed by atoms with van der Waals surface area (Å²) in [5.41, 5.74) is 1.27. The average Bonchev–Trinajstić information content (AvgIpc) is 2.98. The first-order chi connectivity index (χ1) is 11.9. The Hall–Kier alpha value is -2.11. The van der Waals surface area contributed by atoms with Gasteiger partial charge in [-0.15, -0.1) is 10.2 Å². The Morgan fingerprint density at radius 3 is 2.80 bits per heavy atom. The zero-order valence-corrected chi connectivity index (χ0v) is 16.2. The van der Waals surface area contributed by atoms with Crippen molar-refractivity contribution in [3.63, 3.8) is 0 Å². The van der Waals surface area contributed by atoms with Gasteiger partial charge in [-0.25, -0.2) is 0 Å². The molecule has 0 fully saturated rings. The molecule has 0 aliphatic heterocycles. The van der Waals surface area contributed by atoms with Crippen LogP contribution in [-0.2, 0) is 6.42 Å². The van der Waals surface area contributed by atoms with Crippen LogP contribution in [0.5, 0.6) is 0 Å². The molecule has 25 heavy (non-hydrogen) atoms. The highest BCUT2D eigenvalue weighted by molar-refractivity contribution is 5.79. The number of nitrogens with one attached hydrogen (secondary N) is 2. The van der Waals surface area contributed by atoms with Crippen molar-refractivity contribution in [1.29, 1.82) is 0 Å². The molecule has 0 aliphatic rings. The van der Waals surface area contributed by atoms with Gasteiger partial charge in [0.2, 0.25) is 0 Å². The van der Waals surface area contributed by atoms with Crippen LogP contribution in [0.15, 0.2) is 29.4 Å². The van der Waals surface area contributed by atoms with Crippen molar-refractivity contribution in [3.05, 3.63) is 30.2 Å². The molecule has 2 N–H and O–H groups in total. The minimum atomic E-state index is 0.369. The quantitative estimate of drug-likeness (QED) is 0.460. The summed E-state index contributed by atoms with van der Waals surface area (Å²) in [6.07, 6.45) is 6.20. The van der Waals surface area contributed by atoms with E-state index < -0.39 is 0 Å². The first-order valence-electron chi connectivity index (χ1n) is 9.15. The van der Waals surface area contributed by atoms with Crippen molar-refractivity contribution >= 4 is 11.6 Å². The largest absolute Gasteiger partial charge is 0.356 e. The van der Waals surface area contributed by atoms with Crippen LogP contribution in [0.3, 0.4) is 0 Å². The summed E-state index contributed by atoms with van der Waals surface area (Å²) in [7, 11) is 1.82. The van der Waals surface area contributed by atoms with Crippen molar-refractivity contribution in [2.75, 3.05) is 13.6 Å². The van der Waals surface area contributed by atoms with E-state index in [0.29, 0.717) is 11.5 Å². The zero-order chi connectivity index (χ0) is 18.3. The minimum absolute atomic E-state index is 0.369. The Morgan fingerprint density at radius 2 is 2.08 bits per heavy atom. The molecule has 0 aromatic carbocycles. The lowest BCUT2D eigenvalue weighted by Gasteiger charge is -2.23. The van der Waals surface area contributed by atoms with Crippen molar-refractivity contribution in [3.8, 4) is 0 Å². The maximum Gasteiger partial charge on any atom is 0.191 e. The number of rotatable bonds is 7. The highest BCUT2D eigenvalue weighted by Gasteiger charge is 2.13. The summed E-state index contributed by atoms with van der Waals surface area (Å²) >= 11 is 0. The molecule has 2 rings (SSSR count). The number of nitrogens with zero attached hydrogens (tertiary/aromatic N) is 4. The van der Waals surface area contributed by atoms with Gasteiger partial charge < -0.3 is 10.6 Å². The summed E-state index contributed by atoms with van der Waals surface area (Å²) < 4.78 is 2.04. The maximum absolute atomic E-state index is 4.32. The predicted octanol–water partition coefficient (Wildman–Crippen LogP) is 3.04. The molecule has 1 atom stereocenters. The van der Waals surface area contributed by atoms with Gasteiger partial charge in [-0.1, -0.05) is 26.8 Å². The number of aromatic nitrogens is 3. The van der Waals surface area contributed by atoms with Crippen molar-refractivity contribution in [1.82, 2.24) is 25.2 Å². The minimum Gasteiger partial charge on any atom is -0.356 e. The lowest BCUT2D eigenvalue weighted by Crippen LogP contribution is -2.42. The summed E-state index contributed by atoms with van der Waals surface area (Å²) in [5.74, 6) is 1.87. The molecule has 0 amide bonds. The topological polar surface area (TPSA) is 66.6 Å². The Kier molecular flexibility index (Phi) is 6.79. The number of aryl methyl sites for hydroxylation is 1. The third kappa shape index (κ3) is 6.36.